The molecule has 5 nitrogen and oxygen atoms in total. The molecule has 7 heteroatoms. The molecule has 3 rings (SSSR count). The Bertz CT molecular complexity index is 688. The second kappa shape index (κ2) is 4.58. The third-order valence-electron chi connectivity index (χ3n) is 2.43. The quantitative estimate of drug-likeness (QED) is 0.719. The maximum Gasteiger partial charge on any atom is 0.203 e. The van der Waals surface area contributed by atoms with Crippen LogP contribution in [-0.2, 0) is 5.75 Å². The van der Waals surface area contributed by atoms with Crippen LogP contribution in [0.5, 0.6) is 0 Å². The Hall–Kier alpha value is -1.60. The Morgan fingerprint density at radius 1 is 1.39 bits per heavy atom. The van der Waals surface area contributed by atoms with Gasteiger partial charge in [-0.2, -0.15) is 0 Å². The minimum Gasteiger partial charge on any atom is -0.374 e. The van der Waals surface area contributed by atoms with Gasteiger partial charge in [0.05, 0.1) is 16.8 Å². The smallest absolute Gasteiger partial charge is 0.203 e. The van der Waals surface area contributed by atoms with E-state index in [9.17, 15) is 0 Å². The maximum atomic E-state index is 5.54. The van der Waals surface area contributed by atoms with Crippen LogP contribution in [0.3, 0.4) is 0 Å². The normalized spacial score (nSPS) is 11.2. The molecule has 1 aromatic carbocycles. The molecule has 0 unspecified atom stereocenters. The third-order valence-corrected chi connectivity index (χ3v) is 4.25. The van der Waals surface area contributed by atoms with E-state index in [0.29, 0.717) is 5.13 Å². The van der Waals surface area contributed by atoms with Crippen molar-refractivity contribution in [3.05, 3.63) is 28.8 Å². The molecule has 92 valence electrons. The summed E-state index contributed by atoms with van der Waals surface area (Å²) in [5, 5.41) is 10.1. The fourth-order valence-corrected chi connectivity index (χ4v) is 3.10. The molecule has 0 aliphatic rings. The molecule has 3 N–H and O–H groups in total. The number of nitrogen functional groups attached to an aromatic ring is 1. The van der Waals surface area contributed by atoms with Gasteiger partial charge in [0.2, 0.25) is 5.13 Å². The zero-order chi connectivity index (χ0) is 12.5. The number of hydrogen-bond acceptors (Lipinski definition) is 6. The fraction of sp³-hybridized carbons (Fsp3) is 0.182. The van der Waals surface area contributed by atoms with Gasteiger partial charge in [-0.15, -0.1) is 10.2 Å². The first-order valence-electron chi connectivity index (χ1n) is 5.38. The number of benzene rings is 1. The average molecular weight is 277 g/mol. The van der Waals surface area contributed by atoms with Crippen LogP contribution in [0.15, 0.2) is 23.4 Å². The highest BCUT2D eigenvalue weighted by atomic mass is 32.2. The van der Waals surface area contributed by atoms with Crippen molar-refractivity contribution in [2.45, 2.75) is 17.8 Å². The largest absolute Gasteiger partial charge is 0.374 e. The first kappa shape index (κ1) is 11.5. The topological polar surface area (TPSA) is 80.5 Å². The number of aromatic nitrogens is 4. The van der Waals surface area contributed by atoms with Crippen molar-refractivity contribution in [3.63, 3.8) is 0 Å². The number of rotatable bonds is 3. The van der Waals surface area contributed by atoms with Gasteiger partial charge < -0.3 is 10.7 Å². The molecule has 0 spiro atoms. The van der Waals surface area contributed by atoms with Gasteiger partial charge in [0.25, 0.3) is 0 Å². The summed E-state index contributed by atoms with van der Waals surface area (Å²) in [5.41, 5.74) is 8.81. The van der Waals surface area contributed by atoms with Crippen molar-refractivity contribution in [1.82, 2.24) is 20.2 Å². The number of nitrogens with two attached hydrogens (primary N) is 1. The molecule has 0 atom stereocenters. The second-order valence-corrected chi connectivity index (χ2v) is 5.94. The van der Waals surface area contributed by atoms with E-state index >= 15 is 0 Å². The summed E-state index contributed by atoms with van der Waals surface area (Å²) in [4.78, 5) is 7.80. The van der Waals surface area contributed by atoms with Gasteiger partial charge in [-0.25, -0.2) is 4.98 Å². The molecule has 0 saturated carbocycles. The molecular weight excluding hydrogens is 266 g/mol. The lowest BCUT2D eigenvalue weighted by molar-refractivity contribution is 1.04. The van der Waals surface area contributed by atoms with Gasteiger partial charge in [0.1, 0.15) is 5.01 Å². The van der Waals surface area contributed by atoms with Gasteiger partial charge >= 0.3 is 0 Å². The Morgan fingerprint density at radius 2 is 2.28 bits per heavy atom. The Morgan fingerprint density at radius 3 is 3.06 bits per heavy atom. The van der Waals surface area contributed by atoms with Crippen LogP contribution in [0, 0.1) is 6.92 Å². The van der Waals surface area contributed by atoms with E-state index in [1.165, 1.54) is 16.9 Å². The summed E-state index contributed by atoms with van der Waals surface area (Å²) in [7, 11) is 0. The van der Waals surface area contributed by atoms with Crippen molar-refractivity contribution in [1.29, 1.82) is 0 Å². The van der Waals surface area contributed by atoms with Crippen molar-refractivity contribution in [3.8, 4) is 0 Å². The average Bonchev–Trinajstić information content (AvgIpc) is 2.92. The SMILES string of the molecule is Cc1ccc2nc(SCc3nnc(N)s3)[nH]c2c1. The van der Waals surface area contributed by atoms with Crippen molar-refractivity contribution in [2.75, 3.05) is 5.73 Å². The van der Waals surface area contributed by atoms with Crippen LogP contribution < -0.4 is 5.73 Å². The van der Waals surface area contributed by atoms with Crippen molar-refractivity contribution < 1.29 is 0 Å². The summed E-state index contributed by atoms with van der Waals surface area (Å²) in [6, 6.07) is 6.17. The minimum atomic E-state index is 0.505. The highest BCUT2D eigenvalue weighted by molar-refractivity contribution is 7.98. The van der Waals surface area contributed by atoms with Gasteiger partial charge in [-0.1, -0.05) is 29.2 Å². The van der Waals surface area contributed by atoms with Crippen LogP contribution >= 0.6 is 23.1 Å². The first-order chi connectivity index (χ1) is 8.70. The maximum absolute atomic E-state index is 5.54. The monoisotopic (exact) mass is 277 g/mol. The predicted molar refractivity (Wildman–Crippen MR) is 74.7 cm³/mol. The number of nitrogens with one attached hydrogen (secondary N) is 1. The molecule has 2 aromatic heterocycles. The van der Waals surface area contributed by atoms with Crippen LogP contribution in [0.2, 0.25) is 0 Å². The predicted octanol–water partition coefficient (Wildman–Crippen LogP) is 2.60. The first-order valence-corrected chi connectivity index (χ1v) is 7.18. The van der Waals surface area contributed by atoms with E-state index in [4.69, 9.17) is 5.73 Å². The lowest BCUT2D eigenvalue weighted by atomic mass is 10.2. The number of nitrogens with zero attached hydrogens (tertiary/aromatic N) is 3. The summed E-state index contributed by atoms with van der Waals surface area (Å²) in [6.45, 7) is 2.07. The second-order valence-electron chi connectivity index (χ2n) is 3.89. The van der Waals surface area contributed by atoms with Crippen molar-refractivity contribution >= 4 is 39.3 Å². The van der Waals surface area contributed by atoms with Crippen LogP contribution in [0.4, 0.5) is 5.13 Å². The van der Waals surface area contributed by atoms with E-state index in [1.807, 2.05) is 6.07 Å². The molecule has 0 saturated heterocycles. The standard InChI is InChI=1S/C11H11N5S2/c1-6-2-3-7-8(4-6)14-11(13-7)17-5-9-15-16-10(12)18-9/h2-4H,5H2,1H3,(H2,12,16)(H,13,14). The molecular formula is C11H11N5S2. The van der Waals surface area contributed by atoms with Crippen LogP contribution in [-0.4, -0.2) is 20.2 Å². The van der Waals surface area contributed by atoms with E-state index in [1.54, 1.807) is 11.8 Å². The number of fused-ring (bicyclic) bond motifs is 1. The summed E-state index contributed by atoms with van der Waals surface area (Å²) < 4.78 is 0. The minimum absolute atomic E-state index is 0.505. The highest BCUT2D eigenvalue weighted by Crippen LogP contribution is 2.25. The summed E-state index contributed by atoms with van der Waals surface area (Å²) in [5.74, 6) is 0.730. The number of thioether (sulfide) groups is 1. The molecule has 0 amide bonds. The Balaban J connectivity index is 1.78. The van der Waals surface area contributed by atoms with E-state index < -0.39 is 0 Å². The van der Waals surface area contributed by atoms with Gasteiger partial charge in [0.15, 0.2) is 5.16 Å². The molecule has 0 aliphatic heterocycles. The number of aryl methyl sites for hydroxylation is 1. The number of H-pyrrole nitrogens is 1. The third kappa shape index (κ3) is 2.32. The molecule has 0 bridgehead atoms. The molecule has 2 heterocycles. The summed E-state index contributed by atoms with van der Waals surface area (Å²) in [6.07, 6.45) is 0. The zero-order valence-corrected chi connectivity index (χ0v) is 11.3. The van der Waals surface area contributed by atoms with Crippen LogP contribution in [0.1, 0.15) is 10.6 Å². The lowest BCUT2D eigenvalue weighted by Crippen LogP contribution is -1.81. The number of hydrogen-bond donors (Lipinski definition) is 2. The Labute approximate surface area is 112 Å². The van der Waals surface area contributed by atoms with E-state index in [-0.39, 0.29) is 0 Å². The number of imidazole rings is 1. The van der Waals surface area contributed by atoms with Crippen LogP contribution in [0.25, 0.3) is 11.0 Å². The fourth-order valence-electron chi connectivity index (χ4n) is 1.62. The van der Waals surface area contributed by atoms with Gasteiger partial charge in [0, 0.05) is 0 Å². The molecule has 0 radical (unpaired) electrons. The highest BCUT2D eigenvalue weighted by Gasteiger charge is 2.06. The zero-order valence-electron chi connectivity index (χ0n) is 9.67. The van der Waals surface area contributed by atoms with Gasteiger partial charge in [-0.05, 0) is 24.6 Å². The van der Waals surface area contributed by atoms with E-state index in [2.05, 4.69) is 39.2 Å². The molecule has 0 aliphatic carbocycles. The number of aromatic amines is 1. The lowest BCUT2D eigenvalue weighted by Gasteiger charge is -1.91. The summed E-state index contributed by atoms with van der Waals surface area (Å²) >= 11 is 3.01. The molecule has 0 fully saturated rings. The number of anilines is 1. The van der Waals surface area contributed by atoms with E-state index in [0.717, 1.165) is 27.0 Å². The Kier molecular flexibility index (Phi) is 2.92. The van der Waals surface area contributed by atoms with Crippen molar-refractivity contribution in [2.24, 2.45) is 0 Å². The molecule has 3 aromatic rings. The van der Waals surface area contributed by atoms with Gasteiger partial charge in [-0.3, -0.25) is 0 Å². The molecule has 18 heavy (non-hydrogen) atoms.